The molecule has 0 saturated carbocycles. The number of aliphatic hydroxyl groups is 1. The van der Waals surface area contributed by atoms with Crippen molar-refractivity contribution in [3.8, 4) is 5.69 Å². The van der Waals surface area contributed by atoms with Gasteiger partial charge in [-0.1, -0.05) is 36.4 Å². The molecule has 4 aromatic rings. The zero-order valence-electron chi connectivity index (χ0n) is 19.2. The van der Waals surface area contributed by atoms with Crippen molar-refractivity contribution in [1.82, 2.24) is 9.78 Å². The van der Waals surface area contributed by atoms with E-state index in [0.29, 0.717) is 45.3 Å². The summed E-state index contributed by atoms with van der Waals surface area (Å²) in [7, 11) is 0. The number of aryl methyl sites for hydroxylation is 1. The number of nitrogens with zero attached hydrogens (tertiary/aromatic N) is 3. The van der Waals surface area contributed by atoms with Gasteiger partial charge < -0.3 is 15.7 Å². The van der Waals surface area contributed by atoms with Crippen molar-refractivity contribution in [2.75, 3.05) is 10.6 Å². The highest BCUT2D eigenvalue weighted by molar-refractivity contribution is 6.03. The molecule has 0 spiro atoms. The van der Waals surface area contributed by atoms with Gasteiger partial charge in [0, 0.05) is 18.3 Å². The van der Waals surface area contributed by atoms with Crippen LogP contribution in [0.4, 0.5) is 17.1 Å². The number of carbonyl (C=O) groups excluding carboxylic acids is 2. The Balaban J connectivity index is 1.55. The molecule has 3 aromatic carbocycles. The predicted octanol–water partition coefficient (Wildman–Crippen LogP) is 5.02. The van der Waals surface area contributed by atoms with Gasteiger partial charge in [0.15, 0.2) is 5.69 Å². The van der Waals surface area contributed by atoms with Crippen LogP contribution < -0.4 is 10.6 Å². The summed E-state index contributed by atoms with van der Waals surface area (Å²) in [5.41, 5.74) is 4.46. The molecule has 1 heterocycles. The Bertz CT molecular complexity index is 1430. The van der Waals surface area contributed by atoms with Crippen molar-refractivity contribution >= 4 is 28.9 Å². The van der Waals surface area contributed by atoms with Crippen molar-refractivity contribution in [3.63, 3.8) is 0 Å². The number of hydrogen-bond acceptors (Lipinski definition) is 4. The first-order chi connectivity index (χ1) is 16.8. The molecule has 174 valence electrons. The SMILES string of the molecule is [C-]#[N+]c1cccc(-n2nc(C)cc2C(=O)Nc2cccc(C(O)c3ccc(NC(C)=O)cc3)c2)c1. The Kier molecular flexibility index (Phi) is 6.71. The standard InChI is InChI=1S/C27H23N5O3/c1-17-14-25(32(31-17)24-9-5-7-22(16-24)28-3)27(35)30-23-8-4-6-20(15-23)26(34)19-10-12-21(13-11-19)29-18(2)33/h4-16,26,34H,1-2H3,(H,29,33)(H,30,35). The van der Waals surface area contributed by atoms with E-state index in [1.807, 2.05) is 0 Å². The van der Waals surface area contributed by atoms with Gasteiger partial charge in [0.2, 0.25) is 5.91 Å². The first kappa shape index (κ1) is 23.4. The average Bonchev–Trinajstić information content (AvgIpc) is 3.26. The van der Waals surface area contributed by atoms with Gasteiger partial charge in [0.25, 0.3) is 5.91 Å². The Hall–Kier alpha value is -4.74. The molecule has 0 saturated heterocycles. The van der Waals surface area contributed by atoms with Crippen LogP contribution in [0.15, 0.2) is 78.9 Å². The van der Waals surface area contributed by atoms with Gasteiger partial charge >= 0.3 is 0 Å². The van der Waals surface area contributed by atoms with Crippen molar-refractivity contribution in [1.29, 1.82) is 0 Å². The van der Waals surface area contributed by atoms with E-state index in [9.17, 15) is 14.7 Å². The second-order valence-corrected chi connectivity index (χ2v) is 8.00. The molecule has 0 bridgehead atoms. The van der Waals surface area contributed by atoms with E-state index in [1.54, 1.807) is 85.8 Å². The van der Waals surface area contributed by atoms with Gasteiger partial charge in [-0.25, -0.2) is 9.53 Å². The topological polar surface area (TPSA) is 101 Å². The Morgan fingerprint density at radius 3 is 2.40 bits per heavy atom. The summed E-state index contributed by atoms with van der Waals surface area (Å²) in [5, 5.41) is 20.8. The Morgan fingerprint density at radius 1 is 0.943 bits per heavy atom. The highest BCUT2D eigenvalue weighted by Gasteiger charge is 2.17. The second-order valence-electron chi connectivity index (χ2n) is 8.00. The van der Waals surface area contributed by atoms with Crippen molar-refractivity contribution in [3.05, 3.63) is 113 Å². The third-order valence-corrected chi connectivity index (χ3v) is 5.27. The summed E-state index contributed by atoms with van der Waals surface area (Å²) in [5.74, 6) is -0.539. The predicted molar refractivity (Wildman–Crippen MR) is 134 cm³/mol. The summed E-state index contributed by atoms with van der Waals surface area (Å²) < 4.78 is 1.51. The van der Waals surface area contributed by atoms with E-state index >= 15 is 0 Å². The van der Waals surface area contributed by atoms with E-state index in [-0.39, 0.29) is 11.8 Å². The lowest BCUT2D eigenvalue weighted by Gasteiger charge is -2.14. The number of carbonyl (C=O) groups is 2. The molecule has 0 fully saturated rings. The zero-order valence-corrected chi connectivity index (χ0v) is 19.2. The number of hydrogen-bond donors (Lipinski definition) is 3. The molecule has 1 aromatic heterocycles. The van der Waals surface area contributed by atoms with Gasteiger partial charge in [-0.05, 0) is 60.5 Å². The minimum atomic E-state index is -0.914. The first-order valence-electron chi connectivity index (χ1n) is 10.9. The van der Waals surface area contributed by atoms with Crippen molar-refractivity contribution < 1.29 is 14.7 Å². The lowest BCUT2D eigenvalue weighted by Crippen LogP contribution is -2.17. The summed E-state index contributed by atoms with van der Waals surface area (Å²) >= 11 is 0. The van der Waals surface area contributed by atoms with Gasteiger partial charge in [-0.2, -0.15) is 5.10 Å². The molecule has 8 nitrogen and oxygen atoms in total. The van der Waals surface area contributed by atoms with E-state index in [0.717, 1.165) is 0 Å². The quantitative estimate of drug-likeness (QED) is 0.348. The molecule has 35 heavy (non-hydrogen) atoms. The van der Waals surface area contributed by atoms with Crippen LogP contribution in [0, 0.1) is 13.5 Å². The van der Waals surface area contributed by atoms with Crippen LogP contribution in [0.25, 0.3) is 10.5 Å². The number of anilines is 2. The van der Waals surface area contributed by atoms with Crippen LogP contribution in [-0.4, -0.2) is 26.7 Å². The molecule has 3 N–H and O–H groups in total. The second kappa shape index (κ2) is 10.0. The van der Waals surface area contributed by atoms with Crippen LogP contribution in [0.5, 0.6) is 0 Å². The Morgan fingerprint density at radius 2 is 1.69 bits per heavy atom. The van der Waals surface area contributed by atoms with E-state index < -0.39 is 6.10 Å². The molecule has 0 radical (unpaired) electrons. The molecule has 8 heteroatoms. The highest BCUT2D eigenvalue weighted by atomic mass is 16.3. The largest absolute Gasteiger partial charge is 0.384 e. The molecule has 0 aliphatic rings. The van der Waals surface area contributed by atoms with Crippen molar-refractivity contribution in [2.24, 2.45) is 0 Å². The number of aliphatic hydroxyl groups excluding tert-OH is 1. The summed E-state index contributed by atoms with van der Waals surface area (Å²) in [4.78, 5) is 27.8. The summed E-state index contributed by atoms with van der Waals surface area (Å²) in [6, 6.07) is 22.4. The Labute approximate surface area is 202 Å². The first-order valence-corrected chi connectivity index (χ1v) is 10.9. The molecule has 1 atom stereocenters. The van der Waals surface area contributed by atoms with Gasteiger partial charge in [0.1, 0.15) is 11.8 Å². The summed E-state index contributed by atoms with van der Waals surface area (Å²) in [6.07, 6.45) is -0.914. The average molecular weight is 466 g/mol. The minimum Gasteiger partial charge on any atom is -0.384 e. The molecular weight excluding hydrogens is 442 g/mol. The van der Waals surface area contributed by atoms with Crippen LogP contribution in [0.2, 0.25) is 0 Å². The fourth-order valence-corrected chi connectivity index (χ4v) is 3.68. The summed E-state index contributed by atoms with van der Waals surface area (Å²) in [6.45, 7) is 10.5. The van der Waals surface area contributed by atoms with Crippen LogP contribution in [0.3, 0.4) is 0 Å². The molecule has 1 unspecified atom stereocenters. The number of benzene rings is 3. The lowest BCUT2D eigenvalue weighted by atomic mass is 10.0. The minimum absolute atomic E-state index is 0.169. The van der Waals surface area contributed by atoms with Gasteiger partial charge in [-0.3, -0.25) is 9.59 Å². The van der Waals surface area contributed by atoms with Crippen molar-refractivity contribution in [2.45, 2.75) is 20.0 Å². The molecule has 4 rings (SSSR count). The monoisotopic (exact) mass is 465 g/mol. The third-order valence-electron chi connectivity index (χ3n) is 5.27. The fourth-order valence-electron chi connectivity index (χ4n) is 3.68. The smallest absolute Gasteiger partial charge is 0.274 e. The van der Waals surface area contributed by atoms with Gasteiger partial charge in [0.05, 0.1) is 18.0 Å². The normalized spacial score (nSPS) is 11.4. The van der Waals surface area contributed by atoms with Crippen LogP contribution in [0.1, 0.15) is 40.3 Å². The lowest BCUT2D eigenvalue weighted by molar-refractivity contribution is -0.114. The fraction of sp³-hybridized carbons (Fsp3) is 0.111. The van der Waals surface area contributed by atoms with E-state index in [1.165, 1.54) is 11.6 Å². The molecular formula is C27H23N5O3. The third kappa shape index (κ3) is 5.43. The van der Waals surface area contributed by atoms with Crippen LogP contribution in [-0.2, 0) is 4.79 Å². The molecule has 0 aliphatic carbocycles. The van der Waals surface area contributed by atoms with E-state index in [4.69, 9.17) is 6.57 Å². The number of nitrogens with one attached hydrogen (secondary N) is 2. The molecule has 2 amide bonds. The highest BCUT2D eigenvalue weighted by Crippen LogP contribution is 2.26. The maximum Gasteiger partial charge on any atom is 0.274 e. The maximum absolute atomic E-state index is 13.1. The van der Waals surface area contributed by atoms with Gasteiger partial charge in [-0.15, -0.1) is 0 Å². The van der Waals surface area contributed by atoms with Crippen LogP contribution >= 0.6 is 0 Å². The zero-order chi connectivity index (χ0) is 24.9. The van der Waals surface area contributed by atoms with E-state index in [2.05, 4.69) is 20.6 Å². The molecule has 0 aliphatic heterocycles. The maximum atomic E-state index is 13.1. The number of aromatic nitrogens is 2. The number of rotatable bonds is 6. The number of amides is 2.